The van der Waals surface area contributed by atoms with Gasteiger partial charge in [-0.3, -0.25) is 19.9 Å². The second-order valence-electron chi connectivity index (χ2n) is 9.99. The minimum Gasteiger partial charge on any atom is -0.337 e. The smallest absolute Gasteiger partial charge is 0.169 e. The lowest BCUT2D eigenvalue weighted by atomic mass is 10.0. The second-order valence-corrected chi connectivity index (χ2v) is 11.1. The van der Waals surface area contributed by atoms with Gasteiger partial charge in [0.25, 0.3) is 0 Å². The molecule has 0 fully saturated rings. The van der Waals surface area contributed by atoms with Gasteiger partial charge in [-0.2, -0.15) is 5.10 Å². The SMILES string of the molecule is CC(=O)c1ccc(-c2nccc3[nH]c(-c4[nH]nc5c(F)cc(-c6cncc(CNCc7ccccc7)c6)cc45)nc23)s1. The number of aromatic nitrogens is 6. The number of fused-ring (bicyclic) bond motifs is 2. The predicted molar refractivity (Wildman–Crippen MR) is 162 cm³/mol. The number of pyridine rings is 2. The van der Waals surface area contributed by atoms with E-state index in [1.807, 2.05) is 48.7 Å². The van der Waals surface area contributed by atoms with Crippen molar-refractivity contribution in [2.24, 2.45) is 0 Å². The molecule has 10 heteroatoms. The van der Waals surface area contributed by atoms with Gasteiger partial charge in [0, 0.05) is 42.6 Å². The number of carbonyl (C=O) groups is 1. The molecule has 0 amide bonds. The summed E-state index contributed by atoms with van der Waals surface area (Å²) in [7, 11) is 0. The molecule has 7 rings (SSSR count). The predicted octanol–water partition coefficient (Wildman–Crippen LogP) is 6.92. The van der Waals surface area contributed by atoms with E-state index in [1.165, 1.54) is 23.0 Å². The molecule has 0 aliphatic rings. The summed E-state index contributed by atoms with van der Waals surface area (Å²) in [6.45, 7) is 2.91. The van der Waals surface area contributed by atoms with Crippen LogP contribution in [0.1, 0.15) is 27.7 Å². The van der Waals surface area contributed by atoms with Crippen LogP contribution >= 0.6 is 11.3 Å². The van der Waals surface area contributed by atoms with Gasteiger partial charge >= 0.3 is 0 Å². The summed E-state index contributed by atoms with van der Waals surface area (Å²) < 4.78 is 15.3. The second kappa shape index (κ2) is 10.7. The quantitative estimate of drug-likeness (QED) is 0.170. The Morgan fingerprint density at radius 1 is 0.952 bits per heavy atom. The van der Waals surface area contributed by atoms with Crippen LogP contribution in [0.25, 0.3) is 55.2 Å². The van der Waals surface area contributed by atoms with Crippen molar-refractivity contribution in [3.05, 3.63) is 107 Å². The van der Waals surface area contributed by atoms with Gasteiger partial charge in [0.05, 0.1) is 15.3 Å². The molecule has 5 heterocycles. The number of nitrogens with one attached hydrogen (secondary N) is 3. The van der Waals surface area contributed by atoms with E-state index in [0.29, 0.717) is 45.1 Å². The number of Topliss-reactive ketones (excluding diaryl/α,β-unsaturated/α-hetero) is 1. The molecule has 0 aliphatic heterocycles. The monoisotopic (exact) mass is 573 g/mol. The van der Waals surface area contributed by atoms with Crippen molar-refractivity contribution in [3.8, 4) is 33.2 Å². The van der Waals surface area contributed by atoms with E-state index in [9.17, 15) is 4.79 Å². The number of imidazole rings is 1. The van der Waals surface area contributed by atoms with Gasteiger partial charge in [0.1, 0.15) is 22.4 Å². The minimum absolute atomic E-state index is 0.00656. The van der Waals surface area contributed by atoms with Crippen LogP contribution in [-0.4, -0.2) is 35.9 Å². The topological polar surface area (TPSA) is 112 Å². The Bertz CT molecular complexity index is 2080. The van der Waals surface area contributed by atoms with Gasteiger partial charge in [-0.25, -0.2) is 9.37 Å². The maximum atomic E-state index is 15.3. The number of carbonyl (C=O) groups excluding carboxylic acids is 1. The summed E-state index contributed by atoms with van der Waals surface area (Å²) in [6.07, 6.45) is 5.24. The molecule has 7 aromatic rings. The summed E-state index contributed by atoms with van der Waals surface area (Å²) in [5.41, 5.74) is 6.58. The minimum atomic E-state index is -0.438. The Balaban J connectivity index is 1.22. The van der Waals surface area contributed by atoms with Crippen LogP contribution in [0.15, 0.2) is 85.3 Å². The molecule has 8 nitrogen and oxygen atoms in total. The van der Waals surface area contributed by atoms with Crippen LogP contribution in [0.3, 0.4) is 0 Å². The zero-order chi connectivity index (χ0) is 28.6. The molecule has 5 aromatic heterocycles. The van der Waals surface area contributed by atoms with E-state index < -0.39 is 5.82 Å². The first kappa shape index (κ1) is 25.9. The lowest BCUT2D eigenvalue weighted by molar-refractivity contribution is 0.102. The van der Waals surface area contributed by atoms with Gasteiger partial charge in [0.15, 0.2) is 17.4 Å². The molecule has 0 radical (unpaired) electrons. The van der Waals surface area contributed by atoms with E-state index in [2.05, 4.69) is 42.6 Å². The van der Waals surface area contributed by atoms with Crippen molar-refractivity contribution in [1.82, 2.24) is 35.5 Å². The molecule has 0 unspecified atom stereocenters. The fraction of sp³-hybridized carbons (Fsp3) is 0.0938. The summed E-state index contributed by atoms with van der Waals surface area (Å²) >= 11 is 1.38. The largest absolute Gasteiger partial charge is 0.337 e. The molecular formula is C32H24FN7OS. The van der Waals surface area contributed by atoms with E-state index in [4.69, 9.17) is 4.98 Å². The normalized spacial score (nSPS) is 11.5. The number of H-pyrrole nitrogens is 2. The number of ketones is 1. The van der Waals surface area contributed by atoms with Crippen LogP contribution in [-0.2, 0) is 13.1 Å². The average molecular weight is 574 g/mol. The van der Waals surface area contributed by atoms with E-state index in [0.717, 1.165) is 28.1 Å². The van der Waals surface area contributed by atoms with Gasteiger partial charge in [-0.1, -0.05) is 30.3 Å². The molecule has 3 N–H and O–H groups in total. The Kier molecular flexibility index (Phi) is 6.61. The third-order valence-electron chi connectivity index (χ3n) is 7.07. The van der Waals surface area contributed by atoms with Crippen LogP contribution < -0.4 is 5.32 Å². The first-order valence-electron chi connectivity index (χ1n) is 13.4. The molecular weight excluding hydrogens is 549 g/mol. The van der Waals surface area contributed by atoms with Crippen molar-refractivity contribution < 1.29 is 9.18 Å². The van der Waals surface area contributed by atoms with Crippen LogP contribution in [0.2, 0.25) is 0 Å². The van der Waals surface area contributed by atoms with Gasteiger partial charge in [-0.15, -0.1) is 11.3 Å². The Morgan fingerprint density at radius 3 is 2.64 bits per heavy atom. The molecule has 0 saturated heterocycles. The van der Waals surface area contributed by atoms with Crippen LogP contribution in [0.4, 0.5) is 4.39 Å². The third-order valence-corrected chi connectivity index (χ3v) is 8.26. The molecule has 0 atom stereocenters. The number of rotatable bonds is 8. The summed E-state index contributed by atoms with van der Waals surface area (Å²) in [5, 5.41) is 11.3. The maximum Gasteiger partial charge on any atom is 0.169 e. The molecule has 42 heavy (non-hydrogen) atoms. The Labute approximate surface area is 243 Å². The van der Waals surface area contributed by atoms with Gasteiger partial charge in [-0.05, 0) is 60.0 Å². The van der Waals surface area contributed by atoms with E-state index >= 15 is 4.39 Å². The number of hydrogen-bond acceptors (Lipinski definition) is 7. The number of thiophene rings is 1. The molecule has 0 spiro atoms. The highest BCUT2D eigenvalue weighted by atomic mass is 32.1. The number of benzene rings is 2. The average Bonchev–Trinajstić information content (AvgIpc) is 3.76. The van der Waals surface area contributed by atoms with Gasteiger partial charge < -0.3 is 10.3 Å². The van der Waals surface area contributed by atoms with E-state index in [1.54, 1.807) is 25.4 Å². The zero-order valence-electron chi connectivity index (χ0n) is 22.5. The molecule has 206 valence electrons. The summed E-state index contributed by atoms with van der Waals surface area (Å²) in [6, 6.07) is 21.1. The third kappa shape index (κ3) is 4.87. The summed E-state index contributed by atoms with van der Waals surface area (Å²) in [4.78, 5) is 30.4. The molecule has 0 aliphatic carbocycles. The van der Waals surface area contributed by atoms with Crippen LogP contribution in [0.5, 0.6) is 0 Å². The maximum absolute atomic E-state index is 15.3. The summed E-state index contributed by atoms with van der Waals surface area (Å²) in [5.74, 6) is 0.0807. The number of hydrogen-bond donors (Lipinski definition) is 3. The number of nitrogens with zero attached hydrogens (tertiary/aromatic N) is 4. The highest BCUT2D eigenvalue weighted by Gasteiger charge is 2.19. The van der Waals surface area contributed by atoms with Gasteiger partial charge in [0.2, 0.25) is 0 Å². The van der Waals surface area contributed by atoms with Crippen LogP contribution in [0, 0.1) is 5.82 Å². The van der Waals surface area contributed by atoms with Crippen molar-refractivity contribution >= 4 is 39.1 Å². The van der Waals surface area contributed by atoms with Crippen molar-refractivity contribution in [2.75, 3.05) is 0 Å². The molecule has 0 bridgehead atoms. The molecule has 0 saturated carbocycles. The first-order valence-corrected chi connectivity index (χ1v) is 14.2. The zero-order valence-corrected chi connectivity index (χ0v) is 23.3. The highest BCUT2D eigenvalue weighted by Crippen LogP contribution is 2.35. The molecule has 2 aromatic carbocycles. The van der Waals surface area contributed by atoms with Crippen molar-refractivity contribution in [1.29, 1.82) is 0 Å². The first-order chi connectivity index (χ1) is 20.5. The lowest BCUT2D eigenvalue weighted by Gasteiger charge is -2.08. The van der Waals surface area contributed by atoms with Crippen molar-refractivity contribution in [3.63, 3.8) is 0 Å². The standard InChI is InChI=1S/C32H24FN7OS/c1-18(41)26-7-8-27(42-26)31-30-25(9-10-36-31)37-32(38-30)29-23-12-21(13-24(33)28(23)39-40-29)22-11-20(16-35-17-22)15-34-14-19-5-3-2-4-6-19/h2-13,16-17,34H,14-15H2,1H3,(H,37,38)(H,39,40). The number of aromatic amines is 2. The van der Waals surface area contributed by atoms with E-state index in [-0.39, 0.29) is 11.3 Å². The number of halogens is 1. The fourth-order valence-corrected chi connectivity index (χ4v) is 5.90. The highest BCUT2D eigenvalue weighted by molar-refractivity contribution is 7.17. The lowest BCUT2D eigenvalue weighted by Crippen LogP contribution is -2.12. The fourth-order valence-electron chi connectivity index (χ4n) is 5.00. The van der Waals surface area contributed by atoms with Crippen molar-refractivity contribution in [2.45, 2.75) is 20.0 Å². The Hall–Kier alpha value is -5.06. The Morgan fingerprint density at radius 2 is 1.81 bits per heavy atom.